The van der Waals surface area contributed by atoms with E-state index in [-0.39, 0.29) is 49.7 Å². The number of nitrogens with two attached hydrogens (primary N) is 2. The second-order valence-corrected chi connectivity index (χ2v) is 15.5. The van der Waals surface area contributed by atoms with E-state index in [1.807, 2.05) is 0 Å². The molecule has 2 saturated carbocycles. The van der Waals surface area contributed by atoms with Crippen LogP contribution in [0.2, 0.25) is 0 Å². The maximum Gasteiger partial charge on any atom is 0.246 e. The number of hydrogen-bond donors (Lipinski definition) is 13. The van der Waals surface area contributed by atoms with Crippen molar-refractivity contribution in [1.82, 2.24) is 42.5 Å². The van der Waals surface area contributed by atoms with E-state index in [9.17, 15) is 44.1 Å². The Balaban J connectivity index is 1.50. The van der Waals surface area contributed by atoms with E-state index in [0.29, 0.717) is 0 Å². The summed E-state index contributed by atoms with van der Waals surface area (Å²) in [6.07, 6.45) is 6.28. The molecule has 0 aromatic rings. The number of carbonyl (C=O) groups excluding carboxylic acids is 6. The summed E-state index contributed by atoms with van der Waals surface area (Å²) in [7, 11) is 0. The summed E-state index contributed by atoms with van der Waals surface area (Å²) in [5, 5.41) is 53.7. The summed E-state index contributed by atoms with van der Waals surface area (Å²) < 4.78 is 0. The lowest BCUT2D eigenvalue weighted by Gasteiger charge is -2.34. The minimum Gasteiger partial charge on any atom is -0.394 e. The molecule has 21 heteroatoms. The van der Waals surface area contributed by atoms with Gasteiger partial charge in [0.1, 0.15) is 42.4 Å². The lowest BCUT2D eigenvalue weighted by molar-refractivity contribution is -0.139. The van der Waals surface area contributed by atoms with Crippen molar-refractivity contribution in [3.05, 3.63) is 0 Å². The molecule has 3 aliphatic heterocycles. The van der Waals surface area contributed by atoms with E-state index in [2.05, 4.69) is 52.5 Å². The molecule has 0 spiro atoms. The first-order valence-corrected chi connectivity index (χ1v) is 19.7. The van der Waals surface area contributed by atoms with Crippen molar-refractivity contribution in [3.8, 4) is 0 Å². The zero-order valence-electron chi connectivity index (χ0n) is 31.5. The van der Waals surface area contributed by atoms with Gasteiger partial charge < -0.3 is 69.3 Å². The van der Waals surface area contributed by atoms with E-state index in [4.69, 9.17) is 11.5 Å². The van der Waals surface area contributed by atoms with Gasteiger partial charge in [-0.1, -0.05) is 64.2 Å². The van der Waals surface area contributed by atoms with Gasteiger partial charge in [0.2, 0.25) is 35.4 Å². The molecule has 312 valence electrons. The van der Waals surface area contributed by atoms with Crippen LogP contribution in [-0.4, -0.2) is 143 Å². The molecule has 0 aromatic heterocycles. The second kappa shape index (κ2) is 19.9. The molecule has 0 aromatic carbocycles. The molecular weight excluding hydrogens is 732 g/mol. The van der Waals surface area contributed by atoms with Crippen LogP contribution in [0.25, 0.3) is 0 Å². The van der Waals surface area contributed by atoms with Crippen molar-refractivity contribution < 1.29 is 44.1 Å². The third-order valence-electron chi connectivity index (χ3n) is 11.4. The van der Waals surface area contributed by atoms with Crippen LogP contribution in [0.15, 0.2) is 9.98 Å². The van der Waals surface area contributed by atoms with Gasteiger partial charge in [0, 0.05) is 0 Å². The number of nitrogens with one attached hydrogen (secondary N) is 8. The summed E-state index contributed by atoms with van der Waals surface area (Å²) in [5.41, 5.74) is 11.5. The number of rotatable bonds is 9. The smallest absolute Gasteiger partial charge is 0.246 e. The standard InChI is InChI=1S/C35H58N12O9/c36-34-39-13-21(44-34)27(50)25-32(55)43-23(16-48)29(52)38-15-24(49)41-19(11-17-7-3-1-4-8-17)30(53)42-20(12-18-9-5-2-6-10-18)31(54)46-26(33(56)47-25)28(51)22-14-40-35(37)45-22/h17-23,25-28,48,50-51H,1-16H2,(H,38,52)(H,41,49)(H,42,53)(H,43,55)(H,46,54)(H,47,56)(H3,36,39,44)(H3,37,40,45)/t19-,20-,21?,22?,23-,25-,26-,27?,28?/m0/s1. The number of guanidine groups is 2. The number of carbonyl (C=O) groups is 6. The van der Waals surface area contributed by atoms with Crippen molar-refractivity contribution in [2.75, 3.05) is 26.2 Å². The summed E-state index contributed by atoms with van der Waals surface area (Å²) in [6.45, 7) is -1.71. The van der Waals surface area contributed by atoms with Gasteiger partial charge in [-0.2, -0.15) is 0 Å². The average Bonchev–Trinajstić information content (AvgIpc) is 3.84. The van der Waals surface area contributed by atoms with Crippen molar-refractivity contribution in [2.24, 2.45) is 33.3 Å². The Labute approximate surface area is 324 Å². The Kier molecular flexibility index (Phi) is 15.1. The molecule has 5 aliphatic rings. The van der Waals surface area contributed by atoms with Crippen molar-refractivity contribution in [1.29, 1.82) is 0 Å². The fraction of sp³-hybridized carbons (Fsp3) is 0.771. The van der Waals surface area contributed by atoms with Crippen LogP contribution in [-0.2, 0) is 28.8 Å². The average molecular weight is 791 g/mol. The lowest BCUT2D eigenvalue weighted by Crippen LogP contribution is -2.67. The molecule has 0 bridgehead atoms. The fourth-order valence-electron chi connectivity index (χ4n) is 8.16. The van der Waals surface area contributed by atoms with Gasteiger partial charge in [-0.25, -0.2) is 0 Å². The van der Waals surface area contributed by atoms with Crippen molar-refractivity contribution in [3.63, 3.8) is 0 Å². The zero-order valence-corrected chi connectivity index (χ0v) is 31.5. The minimum atomic E-state index is -1.87. The lowest BCUT2D eigenvalue weighted by atomic mass is 9.83. The molecule has 6 amide bonds. The number of aliphatic hydroxyl groups excluding tert-OH is 3. The highest BCUT2D eigenvalue weighted by atomic mass is 16.3. The van der Waals surface area contributed by atoms with Gasteiger partial charge in [0.25, 0.3) is 0 Å². The summed E-state index contributed by atoms with van der Waals surface area (Å²) in [6, 6.07) is -9.55. The summed E-state index contributed by atoms with van der Waals surface area (Å²) >= 11 is 0. The first-order valence-electron chi connectivity index (χ1n) is 19.7. The fourth-order valence-corrected chi connectivity index (χ4v) is 8.16. The highest BCUT2D eigenvalue weighted by Crippen LogP contribution is 2.29. The highest BCUT2D eigenvalue weighted by Gasteiger charge is 2.43. The Morgan fingerprint density at radius 3 is 1.45 bits per heavy atom. The van der Waals surface area contributed by atoms with Crippen LogP contribution in [0.4, 0.5) is 0 Å². The van der Waals surface area contributed by atoms with Gasteiger partial charge in [-0.05, 0) is 24.7 Å². The predicted octanol–water partition coefficient (Wildman–Crippen LogP) is -5.23. The molecule has 3 heterocycles. The first kappa shape index (κ1) is 42.4. The SMILES string of the molecule is NC1=NCC(C(O)[C@@H]2NC(=O)[C@H](CC3CCCCC3)NC(=O)[C@H](CC3CCCCC3)NC(=O)CNC(=O)[C@H](CO)NC(=O)[C@H](C(O)C3CN=C(N)N3)NC2=O)N1. The van der Waals surface area contributed by atoms with Gasteiger partial charge in [0.05, 0.1) is 38.3 Å². The van der Waals surface area contributed by atoms with E-state index in [1.54, 1.807) is 0 Å². The Morgan fingerprint density at radius 2 is 0.982 bits per heavy atom. The monoisotopic (exact) mass is 790 g/mol. The van der Waals surface area contributed by atoms with E-state index in [1.165, 1.54) is 0 Å². The van der Waals surface area contributed by atoms with Crippen LogP contribution in [0.5, 0.6) is 0 Å². The molecule has 9 atom stereocenters. The Bertz CT molecular complexity index is 1500. The molecule has 15 N–H and O–H groups in total. The van der Waals surface area contributed by atoms with Crippen molar-refractivity contribution in [2.45, 2.75) is 132 Å². The predicted molar refractivity (Wildman–Crippen MR) is 201 cm³/mol. The van der Waals surface area contributed by atoms with Gasteiger partial charge in [-0.3, -0.25) is 38.8 Å². The summed E-state index contributed by atoms with van der Waals surface area (Å²) in [5.74, 6) is -5.22. The minimum absolute atomic E-state index is 0.0136. The first-order chi connectivity index (χ1) is 26.8. The maximum atomic E-state index is 14.3. The Hall–Kier alpha value is -4.76. The molecule has 4 unspecified atom stereocenters. The van der Waals surface area contributed by atoms with Crippen LogP contribution in [0.3, 0.4) is 0 Å². The second-order valence-electron chi connectivity index (χ2n) is 15.5. The largest absolute Gasteiger partial charge is 0.394 e. The molecule has 56 heavy (non-hydrogen) atoms. The van der Waals surface area contributed by atoms with Crippen LogP contribution in [0.1, 0.15) is 77.0 Å². The van der Waals surface area contributed by atoms with Crippen LogP contribution >= 0.6 is 0 Å². The number of nitrogens with zero attached hydrogens (tertiary/aromatic N) is 2. The molecule has 5 rings (SSSR count). The molecule has 2 aliphatic carbocycles. The molecular formula is C35H58N12O9. The van der Waals surface area contributed by atoms with Gasteiger partial charge >= 0.3 is 0 Å². The number of aliphatic imine (C=N–C) groups is 2. The topological polar surface area (TPSA) is 336 Å². The van der Waals surface area contributed by atoms with Gasteiger partial charge in [-0.15, -0.1) is 0 Å². The molecule has 0 radical (unpaired) electrons. The summed E-state index contributed by atoms with van der Waals surface area (Å²) in [4.78, 5) is 91.0. The molecule has 1 saturated heterocycles. The third-order valence-corrected chi connectivity index (χ3v) is 11.4. The van der Waals surface area contributed by atoms with E-state index in [0.717, 1.165) is 64.2 Å². The van der Waals surface area contributed by atoms with Gasteiger partial charge in [0.15, 0.2) is 11.9 Å². The number of amides is 6. The zero-order chi connectivity index (χ0) is 40.4. The number of hydrogen-bond acceptors (Lipinski definition) is 15. The Morgan fingerprint density at radius 1 is 0.554 bits per heavy atom. The van der Waals surface area contributed by atoms with E-state index >= 15 is 0 Å². The quantitative estimate of drug-likeness (QED) is 0.104. The maximum absolute atomic E-state index is 14.3. The van der Waals surface area contributed by atoms with E-state index < -0.39 is 103 Å². The van der Waals surface area contributed by atoms with Crippen LogP contribution < -0.4 is 54.0 Å². The normalized spacial score (nSPS) is 32.0. The number of aliphatic hydroxyl groups is 3. The molecule has 3 fully saturated rings. The van der Waals surface area contributed by atoms with Crippen molar-refractivity contribution >= 4 is 47.4 Å². The molecule has 21 nitrogen and oxygen atoms in total. The third kappa shape index (κ3) is 11.4. The van der Waals surface area contributed by atoms with Crippen LogP contribution in [0, 0.1) is 11.8 Å². The highest BCUT2D eigenvalue weighted by molar-refractivity contribution is 5.98.